The molecule has 0 bridgehead atoms. The van der Waals surface area contributed by atoms with Crippen LogP contribution in [0.1, 0.15) is 40.5 Å². The number of hydrogen-bond donors (Lipinski definition) is 1. The highest BCUT2D eigenvalue weighted by Gasteiger charge is 2.27. The maximum Gasteiger partial charge on any atom is 0.123 e. The van der Waals surface area contributed by atoms with E-state index in [1.807, 2.05) is 6.92 Å². The lowest BCUT2D eigenvalue weighted by molar-refractivity contribution is 0.588. The minimum Gasteiger partial charge on any atom is -0.286 e. The number of amidine groups is 1. The first kappa shape index (κ1) is 9.43. The highest BCUT2D eigenvalue weighted by Crippen LogP contribution is 2.31. The Morgan fingerprint density at radius 2 is 1.83 bits per heavy atom. The van der Waals surface area contributed by atoms with Gasteiger partial charge in [-0.15, -0.1) is 0 Å². The van der Waals surface area contributed by atoms with E-state index in [0.717, 1.165) is 5.71 Å². The first-order valence-corrected chi connectivity index (χ1v) is 4.55. The van der Waals surface area contributed by atoms with Crippen LogP contribution in [0.3, 0.4) is 0 Å². The molecule has 0 aromatic carbocycles. The van der Waals surface area contributed by atoms with E-state index in [1.54, 1.807) is 0 Å². The van der Waals surface area contributed by atoms with Gasteiger partial charge in [0.2, 0.25) is 0 Å². The van der Waals surface area contributed by atoms with Gasteiger partial charge in [-0.2, -0.15) is 0 Å². The minimum atomic E-state index is 0.112. The summed E-state index contributed by atoms with van der Waals surface area (Å²) in [5.74, 6) is 1.06. The van der Waals surface area contributed by atoms with Gasteiger partial charge in [-0.05, 0) is 19.8 Å². The van der Waals surface area contributed by atoms with Crippen molar-refractivity contribution in [1.29, 1.82) is 5.41 Å². The molecular weight excluding hydrogens is 148 g/mol. The third kappa shape index (κ3) is 2.43. The molecule has 0 atom stereocenters. The smallest absolute Gasteiger partial charge is 0.123 e. The molecule has 0 radical (unpaired) electrons. The van der Waals surface area contributed by atoms with Crippen molar-refractivity contribution in [3.05, 3.63) is 0 Å². The summed E-state index contributed by atoms with van der Waals surface area (Å²) in [6.07, 6.45) is 2.33. The Morgan fingerprint density at radius 3 is 2.17 bits per heavy atom. The SMILES string of the molecule is CC(=NC(=N)C1CC1)C(C)(C)C. The van der Waals surface area contributed by atoms with Gasteiger partial charge in [0.15, 0.2) is 0 Å². The number of aliphatic imine (C=N–C) groups is 1. The van der Waals surface area contributed by atoms with E-state index < -0.39 is 0 Å². The monoisotopic (exact) mass is 166 g/mol. The van der Waals surface area contributed by atoms with Crippen LogP contribution in [-0.2, 0) is 0 Å². The molecular formula is C10H18N2. The summed E-state index contributed by atoms with van der Waals surface area (Å²) in [6.45, 7) is 8.40. The van der Waals surface area contributed by atoms with Crippen molar-refractivity contribution in [2.45, 2.75) is 40.5 Å². The molecule has 0 heterocycles. The molecule has 0 spiro atoms. The van der Waals surface area contributed by atoms with E-state index in [0.29, 0.717) is 11.8 Å². The second kappa shape index (κ2) is 3.00. The van der Waals surface area contributed by atoms with Crippen molar-refractivity contribution in [1.82, 2.24) is 0 Å². The van der Waals surface area contributed by atoms with Crippen molar-refractivity contribution in [3.63, 3.8) is 0 Å². The van der Waals surface area contributed by atoms with E-state index >= 15 is 0 Å². The maximum absolute atomic E-state index is 7.63. The Bertz CT molecular complexity index is 216. The minimum absolute atomic E-state index is 0.112. The third-order valence-electron chi connectivity index (χ3n) is 2.34. The fraction of sp³-hybridized carbons (Fsp3) is 0.800. The van der Waals surface area contributed by atoms with Gasteiger partial charge in [0.25, 0.3) is 0 Å². The van der Waals surface area contributed by atoms with Crippen LogP contribution >= 0.6 is 0 Å². The molecule has 1 N–H and O–H groups in total. The van der Waals surface area contributed by atoms with Crippen LogP contribution in [-0.4, -0.2) is 11.5 Å². The van der Waals surface area contributed by atoms with Crippen molar-refractivity contribution in [2.24, 2.45) is 16.3 Å². The lowest BCUT2D eigenvalue weighted by Gasteiger charge is -2.17. The Hall–Kier alpha value is -0.660. The molecule has 0 aliphatic heterocycles. The van der Waals surface area contributed by atoms with E-state index in [9.17, 15) is 0 Å². The fourth-order valence-electron chi connectivity index (χ4n) is 0.796. The van der Waals surface area contributed by atoms with Crippen LogP contribution in [0.5, 0.6) is 0 Å². The first-order valence-electron chi connectivity index (χ1n) is 4.55. The molecule has 1 fully saturated rings. The molecule has 1 aliphatic rings. The molecule has 1 rings (SSSR count). The topological polar surface area (TPSA) is 36.2 Å². The average molecular weight is 166 g/mol. The van der Waals surface area contributed by atoms with Crippen LogP contribution in [0.15, 0.2) is 4.99 Å². The van der Waals surface area contributed by atoms with Crippen LogP contribution < -0.4 is 0 Å². The highest BCUT2D eigenvalue weighted by atomic mass is 14.9. The van der Waals surface area contributed by atoms with Crippen LogP contribution in [0, 0.1) is 16.7 Å². The maximum atomic E-state index is 7.63. The summed E-state index contributed by atoms with van der Waals surface area (Å²) in [7, 11) is 0. The zero-order valence-electron chi connectivity index (χ0n) is 8.44. The van der Waals surface area contributed by atoms with Crippen LogP contribution in [0.25, 0.3) is 0 Å². The Kier molecular flexibility index (Phi) is 2.36. The molecule has 2 nitrogen and oxygen atoms in total. The molecule has 1 aliphatic carbocycles. The van der Waals surface area contributed by atoms with Gasteiger partial charge >= 0.3 is 0 Å². The summed E-state index contributed by atoms with van der Waals surface area (Å²) >= 11 is 0. The van der Waals surface area contributed by atoms with Crippen molar-refractivity contribution in [3.8, 4) is 0 Å². The average Bonchev–Trinajstić information content (AvgIpc) is 2.65. The van der Waals surface area contributed by atoms with Crippen molar-refractivity contribution < 1.29 is 0 Å². The fourth-order valence-corrected chi connectivity index (χ4v) is 0.796. The van der Waals surface area contributed by atoms with Gasteiger partial charge in [0.1, 0.15) is 5.84 Å². The van der Waals surface area contributed by atoms with E-state index in [-0.39, 0.29) is 5.41 Å². The highest BCUT2D eigenvalue weighted by molar-refractivity contribution is 5.99. The molecule has 0 aromatic heterocycles. The number of nitrogens with one attached hydrogen (secondary N) is 1. The van der Waals surface area contributed by atoms with Gasteiger partial charge in [-0.25, -0.2) is 4.99 Å². The quantitative estimate of drug-likeness (QED) is 0.459. The molecule has 0 saturated heterocycles. The van der Waals surface area contributed by atoms with Crippen molar-refractivity contribution >= 4 is 11.5 Å². The number of rotatable bonds is 1. The molecule has 1 saturated carbocycles. The number of hydrogen-bond acceptors (Lipinski definition) is 1. The van der Waals surface area contributed by atoms with Gasteiger partial charge < -0.3 is 0 Å². The third-order valence-corrected chi connectivity index (χ3v) is 2.34. The molecule has 0 unspecified atom stereocenters. The summed E-state index contributed by atoms with van der Waals surface area (Å²) in [6, 6.07) is 0. The lowest BCUT2D eigenvalue weighted by atomic mass is 9.91. The largest absolute Gasteiger partial charge is 0.286 e. The molecule has 0 amide bonds. The summed E-state index contributed by atoms with van der Waals surface area (Å²) in [4.78, 5) is 4.31. The zero-order valence-corrected chi connectivity index (χ0v) is 8.44. The number of nitrogens with zero attached hydrogens (tertiary/aromatic N) is 1. The Balaban J connectivity index is 2.60. The van der Waals surface area contributed by atoms with Gasteiger partial charge in [0, 0.05) is 17.0 Å². The summed E-state index contributed by atoms with van der Waals surface area (Å²) < 4.78 is 0. The second-order valence-corrected chi connectivity index (χ2v) is 4.61. The van der Waals surface area contributed by atoms with E-state index in [2.05, 4.69) is 25.8 Å². The van der Waals surface area contributed by atoms with Gasteiger partial charge in [-0.3, -0.25) is 5.41 Å². The Morgan fingerprint density at radius 1 is 1.33 bits per heavy atom. The summed E-state index contributed by atoms with van der Waals surface area (Å²) in [5.41, 5.74) is 1.18. The molecule has 0 aromatic rings. The van der Waals surface area contributed by atoms with Crippen molar-refractivity contribution in [2.75, 3.05) is 0 Å². The Labute approximate surface area is 74.6 Å². The van der Waals surface area contributed by atoms with Gasteiger partial charge in [-0.1, -0.05) is 20.8 Å². The molecule has 2 heteroatoms. The predicted octanol–water partition coefficient (Wildman–Crippen LogP) is 2.88. The second-order valence-electron chi connectivity index (χ2n) is 4.61. The van der Waals surface area contributed by atoms with E-state index in [1.165, 1.54) is 12.8 Å². The van der Waals surface area contributed by atoms with E-state index in [4.69, 9.17) is 5.41 Å². The summed E-state index contributed by atoms with van der Waals surface area (Å²) in [5, 5.41) is 7.63. The van der Waals surface area contributed by atoms with Crippen LogP contribution in [0.4, 0.5) is 0 Å². The lowest BCUT2D eigenvalue weighted by Crippen LogP contribution is -2.18. The molecule has 12 heavy (non-hydrogen) atoms. The zero-order chi connectivity index (χ0) is 9.35. The first-order chi connectivity index (χ1) is 5.41. The van der Waals surface area contributed by atoms with Crippen LogP contribution in [0.2, 0.25) is 0 Å². The standard InChI is InChI=1S/C10H18N2/c1-7(10(2,3)4)12-9(11)8-5-6-8/h8,11H,5-6H2,1-4H3. The normalized spacial score (nSPS) is 19.5. The van der Waals surface area contributed by atoms with Gasteiger partial charge in [0.05, 0.1) is 0 Å². The molecule has 68 valence electrons. The predicted molar refractivity (Wildman–Crippen MR) is 53.0 cm³/mol.